The van der Waals surface area contributed by atoms with Crippen molar-refractivity contribution >= 4 is 15.9 Å². The SMILES string of the molecule is NC(=O)c1ccc(S(N)(=O)=O)cc1F. The third kappa shape index (κ3) is 2.06. The Labute approximate surface area is 79.6 Å². The van der Waals surface area contributed by atoms with Crippen LogP contribution in [0.1, 0.15) is 10.4 Å². The molecule has 0 saturated heterocycles. The van der Waals surface area contributed by atoms with E-state index in [1.165, 1.54) is 0 Å². The molecule has 0 fully saturated rings. The second-order valence-electron chi connectivity index (χ2n) is 2.55. The minimum atomic E-state index is -3.96. The van der Waals surface area contributed by atoms with Gasteiger partial charge in [-0.05, 0) is 18.2 Å². The highest BCUT2D eigenvalue weighted by Crippen LogP contribution is 2.12. The van der Waals surface area contributed by atoms with Crippen LogP contribution in [0, 0.1) is 5.82 Å². The van der Waals surface area contributed by atoms with Gasteiger partial charge in [-0.25, -0.2) is 17.9 Å². The predicted molar refractivity (Wildman–Crippen MR) is 46.3 cm³/mol. The smallest absolute Gasteiger partial charge is 0.251 e. The molecule has 0 unspecified atom stereocenters. The Balaban J connectivity index is 3.34. The van der Waals surface area contributed by atoms with E-state index < -0.39 is 26.6 Å². The molecule has 0 radical (unpaired) electrons. The van der Waals surface area contributed by atoms with Gasteiger partial charge >= 0.3 is 0 Å². The van der Waals surface area contributed by atoms with Crippen LogP contribution in [-0.4, -0.2) is 14.3 Å². The fraction of sp³-hybridized carbons (Fsp3) is 0. The zero-order chi connectivity index (χ0) is 10.9. The zero-order valence-corrected chi connectivity index (χ0v) is 7.71. The lowest BCUT2D eigenvalue weighted by Crippen LogP contribution is -2.16. The molecule has 0 heterocycles. The average Bonchev–Trinajstić information content (AvgIpc) is 2.01. The number of carbonyl (C=O) groups is 1. The molecule has 0 aromatic heterocycles. The van der Waals surface area contributed by atoms with E-state index in [0.717, 1.165) is 12.1 Å². The number of benzene rings is 1. The Kier molecular flexibility index (Phi) is 2.54. The highest BCUT2D eigenvalue weighted by Gasteiger charge is 2.13. The summed E-state index contributed by atoms with van der Waals surface area (Å²) in [5, 5.41) is 4.74. The summed E-state index contributed by atoms with van der Waals surface area (Å²) in [5.41, 5.74) is 4.44. The molecule has 1 amide bonds. The van der Waals surface area contributed by atoms with Crippen molar-refractivity contribution in [3.8, 4) is 0 Å². The summed E-state index contributed by atoms with van der Waals surface area (Å²) in [6.07, 6.45) is 0. The molecule has 0 spiro atoms. The first kappa shape index (κ1) is 10.6. The Morgan fingerprint density at radius 3 is 2.29 bits per heavy atom. The molecule has 0 saturated carbocycles. The van der Waals surface area contributed by atoms with Crippen LogP contribution in [0.25, 0.3) is 0 Å². The molecule has 76 valence electrons. The van der Waals surface area contributed by atoms with E-state index in [0.29, 0.717) is 6.07 Å². The summed E-state index contributed by atoms with van der Waals surface area (Å²) < 4.78 is 34.5. The van der Waals surface area contributed by atoms with Gasteiger partial charge in [0, 0.05) is 0 Å². The number of primary amides is 1. The van der Waals surface area contributed by atoms with E-state index in [1.54, 1.807) is 0 Å². The standard InChI is InChI=1S/C7H7FN2O3S/c8-6-3-4(14(10,12)13)1-2-5(6)7(9)11/h1-3H,(H2,9,11)(H2,10,12,13). The molecular formula is C7H7FN2O3S. The Morgan fingerprint density at radius 2 is 1.93 bits per heavy atom. The van der Waals surface area contributed by atoms with Gasteiger partial charge in [0.15, 0.2) is 0 Å². The minimum absolute atomic E-state index is 0.377. The maximum Gasteiger partial charge on any atom is 0.251 e. The number of sulfonamides is 1. The van der Waals surface area contributed by atoms with Crippen LogP contribution in [0.3, 0.4) is 0 Å². The molecule has 0 aliphatic heterocycles. The van der Waals surface area contributed by atoms with Crippen LogP contribution >= 0.6 is 0 Å². The second kappa shape index (κ2) is 3.35. The summed E-state index contributed by atoms with van der Waals surface area (Å²) in [4.78, 5) is 10.2. The Hall–Kier alpha value is -1.47. The summed E-state index contributed by atoms with van der Waals surface area (Å²) in [6, 6.07) is 2.63. The number of hydrogen-bond donors (Lipinski definition) is 2. The van der Waals surface area contributed by atoms with Crippen LogP contribution in [0.4, 0.5) is 4.39 Å². The van der Waals surface area contributed by atoms with Gasteiger partial charge in [-0.3, -0.25) is 4.79 Å². The lowest BCUT2D eigenvalue weighted by molar-refractivity contribution is 0.0996. The van der Waals surface area contributed by atoms with Gasteiger partial charge in [-0.2, -0.15) is 0 Å². The van der Waals surface area contributed by atoms with Gasteiger partial charge in [0.2, 0.25) is 10.0 Å². The van der Waals surface area contributed by atoms with E-state index in [4.69, 9.17) is 10.9 Å². The Morgan fingerprint density at radius 1 is 1.36 bits per heavy atom. The van der Waals surface area contributed by atoms with Gasteiger partial charge < -0.3 is 5.73 Å². The zero-order valence-electron chi connectivity index (χ0n) is 6.90. The van der Waals surface area contributed by atoms with Gasteiger partial charge in [0.1, 0.15) is 5.82 Å². The van der Waals surface area contributed by atoms with Crippen molar-refractivity contribution in [2.75, 3.05) is 0 Å². The third-order valence-electron chi connectivity index (χ3n) is 1.53. The molecule has 0 aliphatic rings. The lowest BCUT2D eigenvalue weighted by atomic mass is 10.2. The average molecular weight is 218 g/mol. The van der Waals surface area contributed by atoms with Gasteiger partial charge in [-0.15, -0.1) is 0 Å². The lowest BCUT2D eigenvalue weighted by Gasteiger charge is -2.01. The van der Waals surface area contributed by atoms with Crippen LogP contribution in [0.5, 0.6) is 0 Å². The number of nitrogens with two attached hydrogens (primary N) is 2. The van der Waals surface area contributed by atoms with E-state index in [9.17, 15) is 17.6 Å². The summed E-state index contributed by atoms with van der Waals surface area (Å²) in [5.74, 6) is -1.98. The van der Waals surface area contributed by atoms with Crippen molar-refractivity contribution in [3.63, 3.8) is 0 Å². The minimum Gasteiger partial charge on any atom is -0.366 e. The van der Waals surface area contributed by atoms with Crippen LogP contribution in [0.15, 0.2) is 23.1 Å². The van der Waals surface area contributed by atoms with E-state index >= 15 is 0 Å². The Bertz CT molecular complexity index is 484. The topological polar surface area (TPSA) is 103 Å². The van der Waals surface area contributed by atoms with Crippen molar-refractivity contribution in [2.45, 2.75) is 4.90 Å². The van der Waals surface area contributed by atoms with E-state index in [2.05, 4.69) is 0 Å². The van der Waals surface area contributed by atoms with Crippen molar-refractivity contribution < 1.29 is 17.6 Å². The summed E-state index contributed by atoms with van der Waals surface area (Å²) in [7, 11) is -3.96. The normalized spacial score (nSPS) is 11.3. The molecule has 0 bridgehead atoms. The molecule has 14 heavy (non-hydrogen) atoms. The first-order valence-electron chi connectivity index (χ1n) is 3.44. The van der Waals surface area contributed by atoms with Gasteiger partial charge in [0.25, 0.3) is 5.91 Å². The first-order chi connectivity index (χ1) is 6.32. The number of rotatable bonds is 2. The molecule has 1 aromatic carbocycles. The number of hydrogen-bond acceptors (Lipinski definition) is 3. The first-order valence-corrected chi connectivity index (χ1v) is 4.99. The van der Waals surface area contributed by atoms with Crippen LogP contribution in [0.2, 0.25) is 0 Å². The highest BCUT2D eigenvalue weighted by atomic mass is 32.2. The molecule has 1 aromatic rings. The molecule has 0 atom stereocenters. The fourth-order valence-electron chi connectivity index (χ4n) is 0.873. The van der Waals surface area contributed by atoms with E-state index in [-0.39, 0.29) is 5.56 Å². The number of primary sulfonamides is 1. The van der Waals surface area contributed by atoms with Crippen molar-refractivity contribution in [1.82, 2.24) is 0 Å². The number of halogens is 1. The predicted octanol–water partition coefficient (Wildman–Crippen LogP) is -0.428. The molecule has 5 nitrogen and oxygen atoms in total. The van der Waals surface area contributed by atoms with Crippen molar-refractivity contribution in [1.29, 1.82) is 0 Å². The van der Waals surface area contributed by atoms with Crippen LogP contribution in [-0.2, 0) is 10.0 Å². The number of carbonyl (C=O) groups excluding carboxylic acids is 1. The maximum atomic E-state index is 13.0. The van der Waals surface area contributed by atoms with Crippen molar-refractivity contribution in [2.24, 2.45) is 10.9 Å². The molecular weight excluding hydrogens is 211 g/mol. The largest absolute Gasteiger partial charge is 0.366 e. The maximum absolute atomic E-state index is 13.0. The molecule has 7 heteroatoms. The van der Waals surface area contributed by atoms with Gasteiger partial charge in [-0.1, -0.05) is 0 Å². The number of amides is 1. The third-order valence-corrected chi connectivity index (χ3v) is 2.45. The quantitative estimate of drug-likeness (QED) is 0.703. The second-order valence-corrected chi connectivity index (χ2v) is 4.11. The van der Waals surface area contributed by atoms with Gasteiger partial charge in [0.05, 0.1) is 10.5 Å². The van der Waals surface area contributed by atoms with E-state index in [1.807, 2.05) is 0 Å². The monoisotopic (exact) mass is 218 g/mol. The molecule has 1 rings (SSSR count). The molecule has 0 aliphatic carbocycles. The van der Waals surface area contributed by atoms with Crippen molar-refractivity contribution in [3.05, 3.63) is 29.6 Å². The summed E-state index contributed by atoms with van der Waals surface area (Å²) in [6.45, 7) is 0. The van der Waals surface area contributed by atoms with Crippen LogP contribution < -0.4 is 10.9 Å². The summed E-state index contributed by atoms with van der Waals surface area (Å²) >= 11 is 0. The highest BCUT2D eigenvalue weighted by molar-refractivity contribution is 7.89. The fourth-order valence-corrected chi connectivity index (χ4v) is 1.40. The molecule has 4 N–H and O–H groups in total.